The van der Waals surface area contributed by atoms with Crippen LogP contribution in [0.25, 0.3) is 11.3 Å². The van der Waals surface area contributed by atoms with Gasteiger partial charge in [-0.1, -0.05) is 0 Å². The highest BCUT2D eigenvalue weighted by molar-refractivity contribution is 5.85. The van der Waals surface area contributed by atoms with Crippen molar-refractivity contribution in [2.24, 2.45) is 0 Å². The second kappa shape index (κ2) is 5.95. The zero-order valence-corrected chi connectivity index (χ0v) is 11.2. The Morgan fingerprint density at radius 2 is 2.00 bits per heavy atom. The van der Waals surface area contributed by atoms with Gasteiger partial charge in [0.15, 0.2) is 0 Å². The van der Waals surface area contributed by atoms with E-state index in [2.05, 4.69) is 20.3 Å². The third-order valence-corrected chi connectivity index (χ3v) is 3.17. The molecule has 0 bridgehead atoms. The van der Waals surface area contributed by atoms with Crippen LogP contribution in [0.2, 0.25) is 0 Å². The van der Waals surface area contributed by atoms with Crippen molar-refractivity contribution in [3.05, 3.63) is 36.4 Å². The van der Waals surface area contributed by atoms with Crippen LogP contribution >= 0.6 is 12.4 Å². The molecule has 0 saturated carbocycles. The van der Waals surface area contributed by atoms with Crippen LogP contribution in [0.1, 0.15) is 24.6 Å². The standard InChI is InChI=1S/C13H15N5.ClH/c14-13-4-3-9(6-18-13)11-7-17-12(8-16-11)10-2-1-5-15-10;/h3-4,6-8,10,15H,1-2,5H2,(H2,14,18);1H. The predicted octanol–water partition coefficient (Wildman–Crippen LogP) is 1.97. The van der Waals surface area contributed by atoms with E-state index in [1.807, 2.05) is 12.3 Å². The average molecular weight is 278 g/mol. The maximum Gasteiger partial charge on any atom is 0.123 e. The molecule has 1 fully saturated rings. The highest BCUT2D eigenvalue weighted by Gasteiger charge is 2.17. The van der Waals surface area contributed by atoms with Crippen molar-refractivity contribution in [1.82, 2.24) is 20.3 Å². The van der Waals surface area contributed by atoms with Crippen molar-refractivity contribution in [3.8, 4) is 11.3 Å². The molecule has 1 unspecified atom stereocenters. The summed E-state index contributed by atoms with van der Waals surface area (Å²) in [6, 6.07) is 4.03. The van der Waals surface area contributed by atoms with Crippen molar-refractivity contribution >= 4 is 18.2 Å². The van der Waals surface area contributed by atoms with Gasteiger partial charge in [-0.25, -0.2) is 4.98 Å². The Balaban J connectivity index is 0.00000133. The first kappa shape index (κ1) is 13.7. The zero-order chi connectivity index (χ0) is 12.4. The lowest BCUT2D eigenvalue weighted by atomic mass is 10.1. The Bertz CT molecular complexity index is 520. The van der Waals surface area contributed by atoms with Crippen molar-refractivity contribution in [1.29, 1.82) is 0 Å². The normalized spacial score (nSPS) is 18.0. The molecule has 3 heterocycles. The minimum atomic E-state index is 0. The van der Waals surface area contributed by atoms with Crippen LogP contribution in [0.5, 0.6) is 0 Å². The van der Waals surface area contributed by atoms with Gasteiger partial charge in [0.1, 0.15) is 5.82 Å². The van der Waals surface area contributed by atoms with Gasteiger partial charge in [-0.2, -0.15) is 0 Å². The van der Waals surface area contributed by atoms with Gasteiger partial charge in [0.05, 0.1) is 29.8 Å². The summed E-state index contributed by atoms with van der Waals surface area (Å²) >= 11 is 0. The molecule has 0 spiro atoms. The fourth-order valence-electron chi connectivity index (χ4n) is 2.16. The van der Waals surface area contributed by atoms with E-state index in [9.17, 15) is 0 Å². The lowest BCUT2D eigenvalue weighted by molar-refractivity contribution is 0.624. The Hall–Kier alpha value is -1.72. The molecule has 100 valence electrons. The monoisotopic (exact) mass is 277 g/mol. The number of rotatable bonds is 2. The van der Waals surface area contributed by atoms with Gasteiger partial charge in [0, 0.05) is 11.8 Å². The molecular weight excluding hydrogens is 262 g/mol. The number of anilines is 1. The van der Waals surface area contributed by atoms with Crippen LogP contribution in [0.15, 0.2) is 30.7 Å². The molecule has 3 N–H and O–H groups in total. The van der Waals surface area contributed by atoms with Gasteiger partial charge in [0.2, 0.25) is 0 Å². The highest BCUT2D eigenvalue weighted by atomic mass is 35.5. The molecule has 1 aliphatic heterocycles. The number of hydrogen-bond acceptors (Lipinski definition) is 5. The Kier molecular flexibility index (Phi) is 4.29. The topological polar surface area (TPSA) is 76.7 Å². The molecule has 5 nitrogen and oxygen atoms in total. The van der Waals surface area contributed by atoms with Crippen molar-refractivity contribution in [3.63, 3.8) is 0 Å². The fourth-order valence-corrected chi connectivity index (χ4v) is 2.16. The van der Waals surface area contributed by atoms with Gasteiger partial charge < -0.3 is 11.1 Å². The fraction of sp³-hybridized carbons (Fsp3) is 0.308. The smallest absolute Gasteiger partial charge is 0.123 e. The first-order chi connectivity index (χ1) is 8.83. The molecule has 0 aliphatic carbocycles. The molecule has 1 saturated heterocycles. The van der Waals surface area contributed by atoms with E-state index in [1.54, 1.807) is 18.5 Å². The van der Waals surface area contributed by atoms with E-state index in [-0.39, 0.29) is 12.4 Å². The summed E-state index contributed by atoms with van der Waals surface area (Å²) < 4.78 is 0. The SMILES string of the molecule is Cl.Nc1ccc(-c2cnc(C3CCCN3)cn2)cn1. The minimum Gasteiger partial charge on any atom is -0.384 e. The summed E-state index contributed by atoms with van der Waals surface area (Å²) in [6.45, 7) is 1.07. The predicted molar refractivity (Wildman–Crippen MR) is 76.9 cm³/mol. The van der Waals surface area contributed by atoms with E-state index in [0.29, 0.717) is 11.9 Å². The lowest BCUT2D eigenvalue weighted by Crippen LogP contribution is -2.14. The summed E-state index contributed by atoms with van der Waals surface area (Å²) in [4.78, 5) is 13.0. The Labute approximate surface area is 118 Å². The average Bonchev–Trinajstić information content (AvgIpc) is 2.94. The first-order valence-electron chi connectivity index (χ1n) is 6.10. The number of pyridine rings is 1. The van der Waals surface area contributed by atoms with Crippen LogP contribution in [-0.2, 0) is 0 Å². The Morgan fingerprint density at radius 3 is 2.58 bits per heavy atom. The van der Waals surface area contributed by atoms with Crippen LogP contribution in [-0.4, -0.2) is 21.5 Å². The summed E-state index contributed by atoms with van der Waals surface area (Å²) in [5, 5.41) is 3.41. The number of halogens is 1. The van der Waals surface area contributed by atoms with E-state index in [1.165, 1.54) is 6.42 Å². The molecule has 0 amide bonds. The minimum absolute atomic E-state index is 0. The molecule has 3 rings (SSSR count). The molecule has 2 aromatic heterocycles. The van der Waals surface area contributed by atoms with Crippen molar-refractivity contribution in [2.75, 3.05) is 12.3 Å². The van der Waals surface area contributed by atoms with E-state index >= 15 is 0 Å². The molecule has 0 aromatic carbocycles. The number of nitrogens with zero attached hydrogens (tertiary/aromatic N) is 3. The number of nitrogen functional groups attached to an aromatic ring is 1. The lowest BCUT2D eigenvalue weighted by Gasteiger charge is -2.09. The molecule has 0 radical (unpaired) electrons. The molecule has 6 heteroatoms. The summed E-state index contributed by atoms with van der Waals surface area (Å²) in [5.74, 6) is 0.512. The molecule has 1 atom stereocenters. The molecular formula is C13H16ClN5. The second-order valence-electron chi connectivity index (χ2n) is 4.45. The Morgan fingerprint density at radius 1 is 1.11 bits per heavy atom. The third kappa shape index (κ3) is 3.00. The van der Waals surface area contributed by atoms with Gasteiger partial charge in [-0.3, -0.25) is 9.97 Å². The third-order valence-electron chi connectivity index (χ3n) is 3.17. The van der Waals surface area contributed by atoms with Crippen LogP contribution in [0.4, 0.5) is 5.82 Å². The van der Waals surface area contributed by atoms with Gasteiger partial charge >= 0.3 is 0 Å². The summed E-state index contributed by atoms with van der Waals surface area (Å²) in [6.07, 6.45) is 7.69. The van der Waals surface area contributed by atoms with E-state index in [4.69, 9.17) is 5.73 Å². The first-order valence-corrected chi connectivity index (χ1v) is 6.10. The summed E-state index contributed by atoms with van der Waals surface area (Å²) in [7, 11) is 0. The number of hydrogen-bond donors (Lipinski definition) is 2. The largest absolute Gasteiger partial charge is 0.384 e. The molecule has 2 aromatic rings. The maximum atomic E-state index is 5.56. The quantitative estimate of drug-likeness (QED) is 0.878. The van der Waals surface area contributed by atoms with Crippen molar-refractivity contribution in [2.45, 2.75) is 18.9 Å². The van der Waals surface area contributed by atoms with Gasteiger partial charge in [-0.15, -0.1) is 12.4 Å². The molecule has 1 aliphatic rings. The summed E-state index contributed by atoms with van der Waals surface area (Å²) in [5.41, 5.74) is 8.33. The number of nitrogens with one attached hydrogen (secondary N) is 1. The van der Waals surface area contributed by atoms with E-state index in [0.717, 1.165) is 29.9 Å². The maximum absolute atomic E-state index is 5.56. The van der Waals surface area contributed by atoms with Crippen LogP contribution < -0.4 is 11.1 Å². The van der Waals surface area contributed by atoms with Gasteiger partial charge in [-0.05, 0) is 31.5 Å². The zero-order valence-electron chi connectivity index (χ0n) is 10.4. The van der Waals surface area contributed by atoms with Gasteiger partial charge in [0.25, 0.3) is 0 Å². The number of aromatic nitrogens is 3. The number of nitrogens with two attached hydrogens (primary N) is 1. The van der Waals surface area contributed by atoms with Crippen LogP contribution in [0.3, 0.4) is 0 Å². The molecule has 19 heavy (non-hydrogen) atoms. The van der Waals surface area contributed by atoms with Crippen LogP contribution in [0, 0.1) is 0 Å². The highest BCUT2D eigenvalue weighted by Crippen LogP contribution is 2.22. The van der Waals surface area contributed by atoms with Crippen molar-refractivity contribution < 1.29 is 0 Å². The van der Waals surface area contributed by atoms with E-state index < -0.39 is 0 Å². The second-order valence-corrected chi connectivity index (χ2v) is 4.45.